The number of piperidine rings is 1. The fourth-order valence-corrected chi connectivity index (χ4v) is 3.44. The van der Waals surface area contributed by atoms with Crippen LogP contribution in [0.15, 0.2) is 24.3 Å². The smallest absolute Gasteiger partial charge is 0.270 e. The van der Waals surface area contributed by atoms with Gasteiger partial charge in [-0.05, 0) is 63.3 Å². The lowest BCUT2D eigenvalue weighted by Gasteiger charge is -2.34. The van der Waals surface area contributed by atoms with Crippen molar-refractivity contribution in [1.29, 1.82) is 0 Å². The average Bonchev–Trinajstić information content (AvgIpc) is 2.88. The standard InChI is InChI=1S/C18H23FN2O2/c1-18(2,23)11-12-5-7-21(8-6-12)17(22)16-10-13-9-14(19)3-4-15(13)20-16/h3-4,9-10,12,20,23H,5-8,11H2,1-2H3. The van der Waals surface area contributed by atoms with Gasteiger partial charge in [0.2, 0.25) is 0 Å². The number of nitrogens with zero attached hydrogens (tertiary/aromatic N) is 1. The number of hydrogen-bond acceptors (Lipinski definition) is 2. The van der Waals surface area contributed by atoms with Crippen molar-refractivity contribution in [2.24, 2.45) is 5.92 Å². The Bertz CT molecular complexity index is 709. The van der Waals surface area contributed by atoms with Crippen LogP contribution in [-0.2, 0) is 0 Å². The second-order valence-corrected chi connectivity index (χ2v) is 7.17. The molecule has 1 aromatic carbocycles. The fraction of sp³-hybridized carbons (Fsp3) is 0.500. The maximum absolute atomic E-state index is 13.3. The second kappa shape index (κ2) is 5.96. The van der Waals surface area contributed by atoms with Gasteiger partial charge in [0.25, 0.3) is 5.91 Å². The van der Waals surface area contributed by atoms with Crippen LogP contribution in [0.2, 0.25) is 0 Å². The van der Waals surface area contributed by atoms with E-state index < -0.39 is 5.60 Å². The fourth-order valence-electron chi connectivity index (χ4n) is 3.44. The van der Waals surface area contributed by atoms with E-state index in [0.717, 1.165) is 24.8 Å². The minimum Gasteiger partial charge on any atom is -0.390 e. The summed E-state index contributed by atoms with van der Waals surface area (Å²) in [5, 5.41) is 10.6. The third kappa shape index (κ3) is 3.72. The van der Waals surface area contributed by atoms with Gasteiger partial charge < -0.3 is 15.0 Å². The minimum absolute atomic E-state index is 0.0386. The highest BCUT2D eigenvalue weighted by Gasteiger charge is 2.27. The molecule has 2 heterocycles. The molecule has 2 N–H and O–H groups in total. The van der Waals surface area contributed by atoms with E-state index in [2.05, 4.69) is 4.98 Å². The first kappa shape index (κ1) is 16.0. The summed E-state index contributed by atoms with van der Waals surface area (Å²) in [4.78, 5) is 17.5. The number of aromatic amines is 1. The molecule has 0 spiro atoms. The molecule has 1 saturated heterocycles. The summed E-state index contributed by atoms with van der Waals surface area (Å²) in [5.41, 5.74) is 0.621. The number of likely N-dealkylation sites (tertiary alicyclic amines) is 1. The molecule has 0 unspecified atom stereocenters. The van der Waals surface area contributed by atoms with Gasteiger partial charge in [-0.1, -0.05) is 0 Å². The molecular weight excluding hydrogens is 295 g/mol. The van der Waals surface area contributed by atoms with Gasteiger partial charge in [-0.3, -0.25) is 4.79 Å². The number of carbonyl (C=O) groups is 1. The van der Waals surface area contributed by atoms with Crippen LogP contribution < -0.4 is 0 Å². The average molecular weight is 318 g/mol. The quantitative estimate of drug-likeness (QED) is 0.912. The van der Waals surface area contributed by atoms with E-state index in [9.17, 15) is 14.3 Å². The number of carbonyl (C=O) groups excluding carboxylic acids is 1. The number of benzene rings is 1. The zero-order chi connectivity index (χ0) is 16.6. The molecule has 124 valence electrons. The maximum atomic E-state index is 13.3. The van der Waals surface area contributed by atoms with E-state index in [4.69, 9.17) is 0 Å². The zero-order valence-corrected chi connectivity index (χ0v) is 13.6. The Morgan fingerprint density at radius 2 is 2.04 bits per heavy atom. The molecule has 0 radical (unpaired) electrons. The number of H-pyrrole nitrogens is 1. The van der Waals surface area contributed by atoms with Gasteiger partial charge in [0.1, 0.15) is 11.5 Å². The third-order valence-corrected chi connectivity index (χ3v) is 4.50. The van der Waals surface area contributed by atoms with Gasteiger partial charge in [-0.25, -0.2) is 4.39 Å². The molecule has 3 rings (SSSR count). The van der Waals surface area contributed by atoms with Crippen molar-refractivity contribution in [3.63, 3.8) is 0 Å². The van der Waals surface area contributed by atoms with E-state index in [1.165, 1.54) is 12.1 Å². The number of rotatable bonds is 3. The number of nitrogens with one attached hydrogen (secondary N) is 1. The summed E-state index contributed by atoms with van der Waals surface area (Å²) in [5.74, 6) is 0.113. The van der Waals surface area contributed by atoms with Crippen LogP contribution in [-0.4, -0.2) is 39.6 Å². The van der Waals surface area contributed by atoms with Crippen molar-refractivity contribution < 1.29 is 14.3 Å². The molecule has 5 heteroatoms. The Hall–Kier alpha value is -1.88. The van der Waals surface area contributed by atoms with Crippen molar-refractivity contribution in [3.8, 4) is 0 Å². The summed E-state index contributed by atoms with van der Waals surface area (Å²) in [7, 11) is 0. The summed E-state index contributed by atoms with van der Waals surface area (Å²) in [6.45, 7) is 5.05. The van der Waals surface area contributed by atoms with Crippen molar-refractivity contribution in [2.75, 3.05) is 13.1 Å². The van der Waals surface area contributed by atoms with Gasteiger partial charge >= 0.3 is 0 Å². The molecule has 0 aliphatic carbocycles. The van der Waals surface area contributed by atoms with Gasteiger partial charge in [-0.15, -0.1) is 0 Å². The normalized spacial score (nSPS) is 17.0. The molecule has 1 fully saturated rings. The zero-order valence-electron chi connectivity index (χ0n) is 13.6. The topological polar surface area (TPSA) is 56.3 Å². The van der Waals surface area contributed by atoms with E-state index in [1.54, 1.807) is 12.1 Å². The number of halogens is 1. The Kier molecular flexibility index (Phi) is 4.15. The highest BCUT2D eigenvalue weighted by molar-refractivity contribution is 5.98. The summed E-state index contributed by atoms with van der Waals surface area (Å²) < 4.78 is 13.3. The first-order chi connectivity index (χ1) is 10.8. The number of aliphatic hydroxyl groups is 1. The number of amides is 1. The van der Waals surface area contributed by atoms with Crippen molar-refractivity contribution in [2.45, 2.75) is 38.7 Å². The van der Waals surface area contributed by atoms with Crippen LogP contribution in [0, 0.1) is 11.7 Å². The van der Waals surface area contributed by atoms with E-state index in [-0.39, 0.29) is 11.7 Å². The predicted octanol–water partition coefficient (Wildman–Crippen LogP) is 3.32. The Morgan fingerprint density at radius 1 is 1.35 bits per heavy atom. The van der Waals surface area contributed by atoms with Crippen LogP contribution in [0.4, 0.5) is 4.39 Å². The lowest BCUT2D eigenvalue weighted by Crippen LogP contribution is -2.40. The molecule has 0 atom stereocenters. The van der Waals surface area contributed by atoms with Gasteiger partial charge in [0.15, 0.2) is 0 Å². The van der Waals surface area contributed by atoms with Crippen molar-refractivity contribution >= 4 is 16.8 Å². The lowest BCUT2D eigenvalue weighted by atomic mass is 9.86. The summed E-state index contributed by atoms with van der Waals surface area (Å²) >= 11 is 0. The highest BCUT2D eigenvalue weighted by atomic mass is 19.1. The molecule has 1 aromatic heterocycles. The third-order valence-electron chi connectivity index (χ3n) is 4.50. The van der Waals surface area contributed by atoms with E-state index in [1.807, 2.05) is 18.7 Å². The largest absolute Gasteiger partial charge is 0.390 e. The van der Waals surface area contributed by atoms with Crippen LogP contribution >= 0.6 is 0 Å². The first-order valence-electron chi connectivity index (χ1n) is 8.12. The second-order valence-electron chi connectivity index (χ2n) is 7.17. The SMILES string of the molecule is CC(C)(O)CC1CCN(C(=O)c2cc3cc(F)ccc3[nH]2)CC1. The Morgan fingerprint density at radius 3 is 2.70 bits per heavy atom. The molecule has 2 aromatic rings. The van der Waals surface area contributed by atoms with Gasteiger partial charge in [0.05, 0.1) is 5.60 Å². The van der Waals surface area contributed by atoms with Gasteiger partial charge in [-0.2, -0.15) is 0 Å². The summed E-state index contributed by atoms with van der Waals surface area (Å²) in [6, 6.07) is 6.17. The van der Waals surface area contributed by atoms with E-state index >= 15 is 0 Å². The Labute approximate surface area is 135 Å². The Balaban J connectivity index is 1.66. The number of aromatic nitrogens is 1. The van der Waals surface area contributed by atoms with Crippen molar-refractivity contribution in [3.05, 3.63) is 35.8 Å². The molecule has 0 saturated carbocycles. The van der Waals surface area contributed by atoms with E-state index in [0.29, 0.717) is 30.1 Å². The molecule has 4 nitrogen and oxygen atoms in total. The molecule has 1 aliphatic heterocycles. The van der Waals surface area contributed by atoms with Crippen LogP contribution in [0.5, 0.6) is 0 Å². The number of hydrogen-bond donors (Lipinski definition) is 2. The van der Waals surface area contributed by atoms with Crippen LogP contribution in [0.1, 0.15) is 43.6 Å². The minimum atomic E-state index is -0.655. The summed E-state index contributed by atoms with van der Waals surface area (Å²) in [6.07, 6.45) is 2.58. The molecule has 1 aliphatic rings. The maximum Gasteiger partial charge on any atom is 0.270 e. The number of fused-ring (bicyclic) bond motifs is 1. The molecular formula is C18H23FN2O2. The lowest BCUT2D eigenvalue weighted by molar-refractivity contribution is 0.0357. The van der Waals surface area contributed by atoms with Crippen molar-refractivity contribution in [1.82, 2.24) is 9.88 Å². The molecule has 0 bridgehead atoms. The molecule has 23 heavy (non-hydrogen) atoms. The first-order valence-corrected chi connectivity index (χ1v) is 8.12. The highest BCUT2D eigenvalue weighted by Crippen LogP contribution is 2.27. The van der Waals surface area contributed by atoms with Gasteiger partial charge in [0, 0.05) is 24.0 Å². The molecule has 1 amide bonds. The monoisotopic (exact) mass is 318 g/mol. The van der Waals surface area contributed by atoms with Crippen LogP contribution in [0.3, 0.4) is 0 Å². The van der Waals surface area contributed by atoms with Crippen LogP contribution in [0.25, 0.3) is 10.9 Å². The predicted molar refractivity (Wildman–Crippen MR) is 87.8 cm³/mol.